The van der Waals surface area contributed by atoms with Gasteiger partial charge in [0.25, 0.3) is 0 Å². The Morgan fingerprint density at radius 3 is 1.50 bits per heavy atom. The molecule has 1 aromatic rings. The van der Waals surface area contributed by atoms with Crippen molar-refractivity contribution in [2.24, 2.45) is 0 Å². The average molecular weight is 514 g/mol. The van der Waals surface area contributed by atoms with Crippen LogP contribution in [0.2, 0.25) is 0 Å². The monoisotopic (exact) mass is 514 g/mol. The maximum Gasteiger partial charge on any atom is 0 e. The number of hydrogen-bond donors (Lipinski definition) is 0. The van der Waals surface area contributed by atoms with Gasteiger partial charge < -0.3 is 0 Å². The summed E-state index contributed by atoms with van der Waals surface area (Å²) in [7, 11) is 0.0700. The first-order valence-electron chi connectivity index (χ1n) is 5.65. The number of benzene rings is 1. The maximum atomic E-state index is 7.50. The summed E-state index contributed by atoms with van der Waals surface area (Å²) in [5.74, 6) is 0. The Hall–Kier alpha value is -1.22. The van der Waals surface area contributed by atoms with Crippen LogP contribution < -0.4 is 5.30 Å². The second-order valence-corrected chi connectivity index (χ2v) is 6.65. The summed E-state index contributed by atoms with van der Waals surface area (Å²) in [5.41, 5.74) is 1.35. The summed E-state index contributed by atoms with van der Waals surface area (Å²) < 4.78 is 37.5. The van der Waals surface area contributed by atoms with Crippen molar-refractivity contribution in [2.75, 3.05) is 6.16 Å². The molecule has 1 aromatic carbocycles. The fraction of sp³-hybridized carbons (Fsp3) is 0.235. The van der Waals surface area contributed by atoms with Crippen LogP contribution in [-0.4, -0.2) is 11.3 Å². The summed E-state index contributed by atoms with van der Waals surface area (Å²) in [6.45, 7) is 31.1. The molecule has 0 aliphatic carbocycles. The van der Waals surface area contributed by atoms with Gasteiger partial charge in [-0.1, -0.05) is 57.3 Å². The zero-order valence-electron chi connectivity index (χ0n) is 13.2. The van der Waals surface area contributed by atoms with Crippen molar-refractivity contribution in [3.05, 3.63) is 75.7 Å². The van der Waals surface area contributed by atoms with Crippen LogP contribution >= 0.6 is 7.92 Å². The fourth-order valence-electron chi connectivity index (χ4n) is 1.62. The van der Waals surface area contributed by atoms with E-state index in [1.807, 2.05) is 0 Å². The van der Waals surface area contributed by atoms with Gasteiger partial charge in [-0.2, -0.15) is 0 Å². The quantitative estimate of drug-likeness (QED) is 0.251. The largest absolute Gasteiger partial charge is 0 e. The van der Waals surface area contributed by atoms with E-state index in [0.717, 1.165) is 0 Å². The Kier molecular flexibility index (Phi) is 34.2. The van der Waals surface area contributed by atoms with Crippen molar-refractivity contribution in [3.63, 3.8) is 0 Å². The van der Waals surface area contributed by atoms with Gasteiger partial charge in [-0.05, 0) is 18.4 Å². The molecule has 24 heavy (non-hydrogen) atoms. The van der Waals surface area contributed by atoms with Crippen LogP contribution in [0.25, 0.3) is 0 Å². The summed E-state index contributed by atoms with van der Waals surface area (Å²) in [6, 6.07) is 10.9. The predicted octanol–water partition coefficient (Wildman–Crippen LogP) is 2.95. The molecule has 124 valence electrons. The van der Waals surface area contributed by atoms with Crippen LogP contribution in [0.15, 0.2) is 42.5 Å². The summed E-state index contributed by atoms with van der Waals surface area (Å²) in [4.78, 5) is 0. The van der Waals surface area contributed by atoms with Gasteiger partial charge in [0.15, 0.2) is 0 Å². The fourth-order valence-corrected chi connectivity index (χ4v) is 4.39. The van der Waals surface area contributed by atoms with Gasteiger partial charge in [0.1, 0.15) is 0 Å². The average Bonchev–Trinajstić information content (AvgIpc) is 3.38. The Morgan fingerprint density at radius 2 is 1.25 bits per heavy atom. The molecule has 1 fully saturated rings. The molecule has 1 aliphatic heterocycles. The maximum absolute atomic E-state index is 7.50. The van der Waals surface area contributed by atoms with Gasteiger partial charge in [-0.3, -0.25) is 0 Å². The first-order valence-corrected chi connectivity index (χ1v) is 7.18. The minimum Gasteiger partial charge on any atom is 0 e. The standard InChI is InChI=1S/C12H15P.5CO.W/c1-10(2)12(3)9-13(12)11-7-5-4-6-8-11;5*1-2;/h4-8H,1,9H2,2-3H3;;;;;;. The molecule has 7 heteroatoms. The molecule has 1 heterocycles. The normalized spacial score (nSPS) is 17.4. The zero-order chi connectivity index (χ0) is 19.5. The smallest absolute Gasteiger partial charge is 0 e. The SMILES string of the molecule is C=C(C)C1(C)CP1c1ccccc1.[C-]#[O+].[C-]#[O+].[C-]#[O+].[C-]#[O+].[C-]#[O+].[W]. The van der Waals surface area contributed by atoms with Crippen LogP contribution in [0.3, 0.4) is 0 Å². The van der Waals surface area contributed by atoms with E-state index in [1.165, 1.54) is 17.0 Å². The molecule has 1 aliphatic rings. The van der Waals surface area contributed by atoms with Gasteiger partial charge in [0, 0.05) is 26.2 Å². The van der Waals surface area contributed by atoms with Crippen molar-refractivity contribution in [1.82, 2.24) is 0 Å². The van der Waals surface area contributed by atoms with E-state index in [2.05, 4.69) is 84.0 Å². The van der Waals surface area contributed by atoms with Gasteiger partial charge in [0.05, 0.1) is 0 Å². The first-order chi connectivity index (χ1) is 11.1. The van der Waals surface area contributed by atoms with E-state index in [9.17, 15) is 0 Å². The summed E-state index contributed by atoms with van der Waals surface area (Å²) >= 11 is 0. The molecule has 5 nitrogen and oxygen atoms in total. The van der Waals surface area contributed by atoms with E-state index in [0.29, 0.717) is 5.16 Å². The third-order valence-electron chi connectivity index (χ3n) is 2.95. The Labute approximate surface area is 158 Å². The molecule has 0 saturated carbocycles. The molecule has 1 saturated heterocycles. The molecule has 0 bridgehead atoms. The molecule has 2 atom stereocenters. The summed E-state index contributed by atoms with van der Waals surface area (Å²) in [5, 5.41) is 1.97. The van der Waals surface area contributed by atoms with Crippen molar-refractivity contribution in [2.45, 2.75) is 19.0 Å². The molecular weight excluding hydrogens is 499 g/mol. The molecule has 0 N–H and O–H groups in total. The van der Waals surface area contributed by atoms with Crippen LogP contribution in [0.1, 0.15) is 13.8 Å². The Bertz CT molecular complexity index is 499. The van der Waals surface area contributed by atoms with Gasteiger partial charge in [-0.15, -0.1) is 0 Å². The van der Waals surface area contributed by atoms with E-state index < -0.39 is 0 Å². The number of rotatable bonds is 2. The summed E-state index contributed by atoms with van der Waals surface area (Å²) in [6.07, 6.45) is 1.34. The van der Waals surface area contributed by atoms with E-state index in [1.54, 1.807) is 0 Å². The van der Waals surface area contributed by atoms with E-state index >= 15 is 0 Å². The van der Waals surface area contributed by atoms with Gasteiger partial charge in [-0.25, -0.2) is 0 Å². The van der Waals surface area contributed by atoms with Crippen molar-refractivity contribution < 1.29 is 44.3 Å². The van der Waals surface area contributed by atoms with E-state index in [4.69, 9.17) is 23.3 Å². The Balaban J connectivity index is -0.0000000950. The predicted molar refractivity (Wildman–Crippen MR) is 80.7 cm³/mol. The minimum absolute atomic E-state index is 0. The molecule has 0 aromatic heterocycles. The molecule has 0 amide bonds. The second kappa shape index (κ2) is 24.0. The molecular formula is C17H15O5PW. The van der Waals surface area contributed by atoms with E-state index in [-0.39, 0.29) is 29.0 Å². The zero-order valence-corrected chi connectivity index (χ0v) is 17.0. The molecule has 2 rings (SSSR count). The van der Waals surface area contributed by atoms with Crippen LogP contribution in [-0.2, 0) is 44.3 Å². The first kappa shape index (κ1) is 34.2. The molecule has 0 spiro atoms. The third kappa shape index (κ3) is 12.2. The topological polar surface area (TPSA) is 99.5 Å². The second-order valence-electron chi connectivity index (χ2n) is 3.98. The Morgan fingerprint density at radius 1 is 0.917 bits per heavy atom. The van der Waals surface area contributed by atoms with Crippen molar-refractivity contribution >= 4 is 13.2 Å². The molecule has 0 radical (unpaired) electrons. The number of allylic oxidation sites excluding steroid dienone is 1. The number of hydrogen-bond acceptors (Lipinski definition) is 0. The molecule has 2 unspecified atom stereocenters. The third-order valence-corrected chi connectivity index (χ3v) is 6.17. The van der Waals surface area contributed by atoms with Crippen LogP contribution in [0, 0.1) is 33.3 Å². The van der Waals surface area contributed by atoms with Crippen LogP contribution in [0.4, 0.5) is 0 Å². The minimum atomic E-state index is 0. The van der Waals surface area contributed by atoms with Crippen LogP contribution in [0.5, 0.6) is 0 Å². The van der Waals surface area contributed by atoms with Crippen molar-refractivity contribution in [3.8, 4) is 0 Å². The van der Waals surface area contributed by atoms with Gasteiger partial charge >= 0.3 is 56.5 Å². The van der Waals surface area contributed by atoms with Crippen molar-refractivity contribution in [1.29, 1.82) is 0 Å². The van der Waals surface area contributed by atoms with Gasteiger partial charge in [0.2, 0.25) is 0 Å².